The number of amides is 2. The lowest BCUT2D eigenvalue weighted by Gasteiger charge is -2.14. The van der Waals surface area contributed by atoms with Crippen LogP contribution in [-0.4, -0.2) is 43.4 Å². The molecule has 2 aromatic heterocycles. The summed E-state index contributed by atoms with van der Waals surface area (Å²) in [6, 6.07) is 18.9. The Labute approximate surface area is 232 Å². The lowest BCUT2D eigenvalue weighted by atomic mass is 10.0. The fourth-order valence-corrected chi connectivity index (χ4v) is 4.69. The Bertz CT molecular complexity index is 1850. The second kappa shape index (κ2) is 10.4. The van der Waals surface area contributed by atoms with Crippen molar-refractivity contribution in [3.05, 3.63) is 119 Å². The van der Waals surface area contributed by atoms with E-state index in [1.807, 2.05) is 6.07 Å². The van der Waals surface area contributed by atoms with Crippen LogP contribution in [0.5, 0.6) is 0 Å². The highest BCUT2D eigenvalue weighted by Crippen LogP contribution is 2.30. The first-order valence-electron chi connectivity index (χ1n) is 12.7. The molecule has 41 heavy (non-hydrogen) atoms. The summed E-state index contributed by atoms with van der Waals surface area (Å²) < 4.78 is 31.4. The molecule has 1 aliphatic rings. The van der Waals surface area contributed by atoms with Crippen LogP contribution in [0.15, 0.2) is 90.2 Å². The van der Waals surface area contributed by atoms with Crippen molar-refractivity contribution in [1.82, 2.24) is 19.9 Å². The minimum Gasteiger partial charge on any atom is -0.389 e. The second-order valence-electron chi connectivity index (χ2n) is 9.40. The number of para-hydroxylation sites is 1. The van der Waals surface area contributed by atoms with E-state index in [4.69, 9.17) is 0 Å². The van der Waals surface area contributed by atoms with Gasteiger partial charge in [0.2, 0.25) is 6.17 Å². The summed E-state index contributed by atoms with van der Waals surface area (Å²) in [7, 11) is 0. The van der Waals surface area contributed by atoms with Crippen LogP contribution in [0, 0.1) is 11.6 Å². The van der Waals surface area contributed by atoms with Crippen LogP contribution in [0.3, 0.4) is 0 Å². The van der Waals surface area contributed by atoms with Crippen molar-refractivity contribution in [3.8, 4) is 11.3 Å². The van der Waals surface area contributed by atoms with Gasteiger partial charge in [0.05, 0.1) is 17.5 Å². The third-order valence-corrected chi connectivity index (χ3v) is 6.69. The lowest BCUT2D eigenvalue weighted by molar-refractivity contribution is -0.117. The fourth-order valence-electron chi connectivity index (χ4n) is 4.69. The normalized spacial score (nSPS) is 15.5. The molecule has 2 atom stereocenters. The maximum atomic E-state index is 15.2. The number of benzodiazepines with no additional fused rings is 1. The average Bonchev–Trinajstić information content (AvgIpc) is 3.29. The van der Waals surface area contributed by atoms with E-state index in [1.165, 1.54) is 48.0 Å². The van der Waals surface area contributed by atoms with Crippen molar-refractivity contribution in [2.45, 2.75) is 19.2 Å². The first kappa shape index (κ1) is 26.0. The molecule has 1 aliphatic heterocycles. The number of carbonyl (C=O) groups excluding carboxylic acids is 2. The van der Waals surface area contributed by atoms with Crippen molar-refractivity contribution in [2.75, 3.05) is 5.32 Å². The highest BCUT2D eigenvalue weighted by molar-refractivity contribution is 6.20. The molecule has 1 unspecified atom stereocenters. The quantitative estimate of drug-likeness (QED) is 0.301. The molecule has 0 saturated carbocycles. The summed E-state index contributed by atoms with van der Waals surface area (Å²) in [5.74, 6) is -2.93. The number of benzene rings is 3. The molecule has 2 amide bonds. The van der Waals surface area contributed by atoms with Crippen molar-refractivity contribution >= 4 is 28.9 Å². The van der Waals surface area contributed by atoms with Gasteiger partial charge >= 0.3 is 0 Å². The zero-order valence-corrected chi connectivity index (χ0v) is 21.5. The van der Waals surface area contributed by atoms with E-state index >= 15 is 4.39 Å². The molecule has 204 valence electrons. The molecule has 0 fully saturated rings. The second-order valence-corrected chi connectivity index (χ2v) is 9.40. The Hall–Kier alpha value is -5.29. The number of rotatable bonds is 5. The molecule has 11 heteroatoms. The van der Waals surface area contributed by atoms with E-state index in [-0.39, 0.29) is 28.2 Å². The van der Waals surface area contributed by atoms with Crippen LogP contribution in [0.2, 0.25) is 0 Å². The number of fused-ring (bicyclic) bond motifs is 2. The number of aliphatic imine (C=N–C) groups is 1. The largest absolute Gasteiger partial charge is 0.389 e. The standard InChI is InChI=1S/C30H22F2N6O3/c1-16(39)18-11-12-19(22(32)15-18)26-23(28-33-13-6-14-38(28)37-26)29(40)36-27-30(41)35-25-20(9-5-10-21(25)31)24(34-27)17-7-3-2-4-8-17/h2-16,27,39H,1H3,(H,35,41)(H,36,40)/t16?,27-/m1/s1. The van der Waals surface area contributed by atoms with Crippen LogP contribution < -0.4 is 10.6 Å². The van der Waals surface area contributed by atoms with Crippen molar-refractivity contribution in [2.24, 2.45) is 4.99 Å². The predicted octanol–water partition coefficient (Wildman–Crippen LogP) is 4.27. The predicted molar refractivity (Wildman–Crippen MR) is 147 cm³/mol. The molecule has 3 N–H and O–H groups in total. The first-order valence-corrected chi connectivity index (χ1v) is 12.7. The van der Waals surface area contributed by atoms with Gasteiger partial charge in [-0.25, -0.2) is 23.3 Å². The van der Waals surface area contributed by atoms with Gasteiger partial charge in [0, 0.05) is 29.1 Å². The zero-order chi connectivity index (χ0) is 28.7. The summed E-state index contributed by atoms with van der Waals surface area (Å²) in [6.45, 7) is 1.51. The van der Waals surface area contributed by atoms with Crippen LogP contribution in [0.4, 0.5) is 14.5 Å². The minimum absolute atomic E-state index is 0.00156. The molecule has 0 radical (unpaired) electrons. The van der Waals surface area contributed by atoms with Gasteiger partial charge in [0.25, 0.3) is 11.8 Å². The highest BCUT2D eigenvalue weighted by Gasteiger charge is 2.32. The molecule has 3 aromatic carbocycles. The molecule has 0 saturated heterocycles. The number of halogens is 2. The van der Waals surface area contributed by atoms with Gasteiger partial charge in [0.1, 0.15) is 22.9 Å². The maximum Gasteiger partial charge on any atom is 0.269 e. The van der Waals surface area contributed by atoms with Gasteiger partial charge in [-0.05, 0) is 36.8 Å². The lowest BCUT2D eigenvalue weighted by Crippen LogP contribution is -2.42. The Morgan fingerprint density at radius 2 is 1.83 bits per heavy atom. The Balaban J connectivity index is 1.45. The number of hydrogen-bond donors (Lipinski definition) is 3. The van der Waals surface area contributed by atoms with Crippen molar-refractivity contribution < 1.29 is 23.5 Å². The SMILES string of the molecule is CC(O)c1ccc(-c2nn3cccnc3c2C(=O)N[C@H]2N=C(c3ccccc3)c3cccc(F)c3NC2=O)c(F)c1. The van der Waals surface area contributed by atoms with Crippen molar-refractivity contribution in [1.29, 1.82) is 0 Å². The van der Waals surface area contributed by atoms with Gasteiger partial charge in [-0.2, -0.15) is 5.10 Å². The summed E-state index contributed by atoms with van der Waals surface area (Å²) in [4.78, 5) is 35.9. The number of aromatic nitrogens is 3. The van der Waals surface area contributed by atoms with E-state index in [0.717, 1.165) is 0 Å². The van der Waals surface area contributed by atoms with Gasteiger partial charge in [-0.15, -0.1) is 0 Å². The summed E-state index contributed by atoms with van der Waals surface area (Å²) in [5.41, 5.74) is 1.54. The summed E-state index contributed by atoms with van der Waals surface area (Å²) >= 11 is 0. The van der Waals surface area contributed by atoms with Crippen LogP contribution in [0.1, 0.15) is 40.1 Å². The molecular weight excluding hydrogens is 530 g/mol. The molecule has 0 spiro atoms. The topological polar surface area (TPSA) is 121 Å². The van der Waals surface area contributed by atoms with E-state index < -0.39 is 35.7 Å². The number of aliphatic hydroxyl groups is 1. The van der Waals surface area contributed by atoms with E-state index in [1.54, 1.807) is 42.6 Å². The molecule has 0 aliphatic carbocycles. The number of nitrogens with zero attached hydrogens (tertiary/aromatic N) is 4. The average molecular weight is 553 g/mol. The minimum atomic E-state index is -1.47. The van der Waals surface area contributed by atoms with E-state index in [2.05, 4.69) is 25.7 Å². The number of hydrogen-bond acceptors (Lipinski definition) is 6. The number of anilines is 1. The van der Waals surface area contributed by atoms with Crippen LogP contribution in [-0.2, 0) is 4.79 Å². The Kier molecular flexibility index (Phi) is 6.56. The molecule has 9 nitrogen and oxygen atoms in total. The molecular formula is C30H22F2N6O3. The number of aliphatic hydroxyl groups excluding tert-OH is 1. The van der Waals surface area contributed by atoms with Gasteiger partial charge in [-0.3, -0.25) is 9.59 Å². The number of nitrogens with one attached hydrogen (secondary N) is 2. The smallest absolute Gasteiger partial charge is 0.269 e. The molecule has 6 rings (SSSR count). The van der Waals surface area contributed by atoms with E-state index in [9.17, 15) is 19.1 Å². The monoisotopic (exact) mass is 552 g/mol. The first-order chi connectivity index (χ1) is 19.8. The number of carbonyl (C=O) groups is 2. The molecule has 5 aromatic rings. The third kappa shape index (κ3) is 4.72. The Morgan fingerprint density at radius 3 is 2.59 bits per heavy atom. The van der Waals surface area contributed by atoms with Crippen molar-refractivity contribution in [3.63, 3.8) is 0 Å². The molecule has 0 bridgehead atoms. The summed E-state index contributed by atoms with van der Waals surface area (Å²) in [5, 5.41) is 19.4. The maximum absolute atomic E-state index is 15.2. The third-order valence-electron chi connectivity index (χ3n) is 6.69. The van der Waals surface area contributed by atoms with E-state index in [0.29, 0.717) is 22.4 Å². The summed E-state index contributed by atoms with van der Waals surface area (Å²) in [6.07, 6.45) is 0.629. The molecule has 3 heterocycles. The van der Waals surface area contributed by atoms with Crippen LogP contribution >= 0.6 is 0 Å². The van der Waals surface area contributed by atoms with Gasteiger partial charge in [-0.1, -0.05) is 48.5 Å². The van der Waals surface area contributed by atoms with Crippen LogP contribution in [0.25, 0.3) is 16.9 Å². The highest BCUT2D eigenvalue weighted by atomic mass is 19.1. The Morgan fingerprint density at radius 1 is 1.02 bits per heavy atom. The fraction of sp³-hybridized carbons (Fsp3) is 0.100. The van der Waals surface area contributed by atoms with Gasteiger partial charge in [0.15, 0.2) is 5.65 Å². The van der Waals surface area contributed by atoms with Gasteiger partial charge < -0.3 is 15.7 Å². The zero-order valence-electron chi connectivity index (χ0n) is 21.5.